The predicted octanol–water partition coefficient (Wildman–Crippen LogP) is 2.46. The third-order valence-corrected chi connectivity index (χ3v) is 5.50. The lowest BCUT2D eigenvalue weighted by Gasteiger charge is -2.46. The molecule has 1 aromatic carbocycles. The van der Waals surface area contributed by atoms with Gasteiger partial charge in [0.1, 0.15) is 6.29 Å². The van der Waals surface area contributed by atoms with E-state index in [1.807, 2.05) is 20.8 Å². The minimum absolute atomic E-state index is 0.115. The van der Waals surface area contributed by atoms with Crippen LogP contribution in [0.4, 0.5) is 10.5 Å². The van der Waals surface area contributed by atoms with Crippen LogP contribution in [0.1, 0.15) is 50.4 Å². The summed E-state index contributed by atoms with van der Waals surface area (Å²) in [5.41, 5.74) is -0.895. The van der Waals surface area contributed by atoms with Crippen molar-refractivity contribution in [1.29, 1.82) is 0 Å². The quantitative estimate of drug-likeness (QED) is 0.617. The third-order valence-electron chi connectivity index (χ3n) is 5.50. The van der Waals surface area contributed by atoms with Crippen LogP contribution in [0, 0.1) is 10.8 Å². The van der Waals surface area contributed by atoms with E-state index < -0.39 is 34.8 Å². The van der Waals surface area contributed by atoms with Gasteiger partial charge in [0.2, 0.25) is 17.7 Å². The van der Waals surface area contributed by atoms with E-state index in [0.717, 1.165) is 0 Å². The maximum absolute atomic E-state index is 13.2. The Hall–Kier alpha value is -3.03. The molecule has 8 nitrogen and oxygen atoms in total. The highest BCUT2D eigenvalue weighted by molar-refractivity contribution is 6.15. The summed E-state index contributed by atoms with van der Waals surface area (Å²) in [6, 6.07) is 5.78. The third kappa shape index (κ3) is 2.89. The lowest BCUT2D eigenvalue weighted by molar-refractivity contribution is -0.156. The molecule has 1 spiro atoms. The Kier molecular flexibility index (Phi) is 4.61. The van der Waals surface area contributed by atoms with Gasteiger partial charge in [-0.1, -0.05) is 20.8 Å². The molecule has 28 heavy (non-hydrogen) atoms. The van der Waals surface area contributed by atoms with Crippen molar-refractivity contribution in [3.63, 3.8) is 0 Å². The molecular weight excluding hydrogens is 364 g/mol. The predicted molar refractivity (Wildman–Crippen MR) is 98.7 cm³/mol. The summed E-state index contributed by atoms with van der Waals surface area (Å²) in [6.07, 6.45) is -1.09. The van der Waals surface area contributed by atoms with Crippen molar-refractivity contribution in [2.75, 3.05) is 4.90 Å². The van der Waals surface area contributed by atoms with Crippen LogP contribution in [-0.2, 0) is 14.4 Å². The van der Waals surface area contributed by atoms with E-state index in [4.69, 9.17) is 0 Å². The van der Waals surface area contributed by atoms with Gasteiger partial charge in [-0.25, -0.2) is 4.79 Å². The van der Waals surface area contributed by atoms with Crippen LogP contribution in [0.25, 0.3) is 0 Å². The fourth-order valence-electron chi connectivity index (χ4n) is 4.56. The number of aldehydes is 1. The first-order valence-electron chi connectivity index (χ1n) is 9.00. The van der Waals surface area contributed by atoms with Gasteiger partial charge in [0, 0.05) is 24.1 Å². The summed E-state index contributed by atoms with van der Waals surface area (Å²) in [5, 5.41) is 9.37. The first-order chi connectivity index (χ1) is 13.0. The number of imide groups is 3. The lowest BCUT2D eigenvalue weighted by Crippen LogP contribution is -2.61. The molecule has 2 fully saturated rings. The highest BCUT2D eigenvalue weighted by Crippen LogP contribution is 2.53. The van der Waals surface area contributed by atoms with E-state index in [-0.39, 0.29) is 30.1 Å². The zero-order valence-electron chi connectivity index (χ0n) is 16.0. The molecule has 0 aliphatic carbocycles. The number of carboxylic acid groups (broad SMARTS) is 1. The topological polar surface area (TPSA) is 112 Å². The first kappa shape index (κ1) is 19.7. The van der Waals surface area contributed by atoms with Crippen LogP contribution in [0.5, 0.6) is 0 Å². The van der Waals surface area contributed by atoms with Crippen LogP contribution >= 0.6 is 0 Å². The minimum Gasteiger partial charge on any atom is -0.464 e. The van der Waals surface area contributed by atoms with Crippen molar-refractivity contribution in [2.24, 2.45) is 10.8 Å². The van der Waals surface area contributed by atoms with Crippen LogP contribution in [0.3, 0.4) is 0 Å². The van der Waals surface area contributed by atoms with E-state index in [9.17, 15) is 29.1 Å². The van der Waals surface area contributed by atoms with Gasteiger partial charge in [-0.05, 0) is 36.1 Å². The fourth-order valence-corrected chi connectivity index (χ4v) is 4.56. The van der Waals surface area contributed by atoms with E-state index in [1.54, 1.807) is 24.3 Å². The van der Waals surface area contributed by atoms with Gasteiger partial charge >= 0.3 is 6.09 Å². The van der Waals surface area contributed by atoms with E-state index in [1.165, 1.54) is 4.90 Å². The van der Waals surface area contributed by atoms with Crippen molar-refractivity contribution in [1.82, 2.24) is 4.90 Å². The average molecular weight is 386 g/mol. The molecule has 1 N–H and O–H groups in total. The maximum Gasteiger partial charge on any atom is 0.421 e. The number of benzene rings is 1. The highest BCUT2D eigenvalue weighted by Gasteiger charge is 2.64. The number of anilines is 1. The number of carbonyl (C=O) groups excluding carboxylic acids is 4. The minimum atomic E-state index is -1.62. The van der Waals surface area contributed by atoms with Crippen LogP contribution in [0.2, 0.25) is 0 Å². The molecule has 1 aromatic rings. The number of likely N-dealkylation sites (tertiary alicyclic amines) is 1. The summed E-state index contributed by atoms with van der Waals surface area (Å²) in [5.74, 6) is -1.92. The van der Waals surface area contributed by atoms with Crippen molar-refractivity contribution in [2.45, 2.75) is 46.1 Å². The molecule has 0 radical (unpaired) electrons. The van der Waals surface area contributed by atoms with Gasteiger partial charge in [0.05, 0.1) is 11.5 Å². The Morgan fingerprint density at radius 2 is 1.75 bits per heavy atom. The van der Waals surface area contributed by atoms with Crippen LogP contribution in [0.15, 0.2) is 24.3 Å². The molecule has 148 valence electrons. The van der Waals surface area contributed by atoms with Gasteiger partial charge in [0.15, 0.2) is 0 Å². The van der Waals surface area contributed by atoms with Crippen molar-refractivity contribution >= 4 is 35.8 Å². The SMILES string of the molecule is CC(C)(C)C1N(c2ccc(C=O)cc2)C(=O)CC12CCC(=O)N(C(=O)O)C2=O. The summed E-state index contributed by atoms with van der Waals surface area (Å²) >= 11 is 0. The number of piperidine rings is 1. The maximum atomic E-state index is 13.2. The van der Waals surface area contributed by atoms with Gasteiger partial charge in [0.25, 0.3) is 0 Å². The first-order valence-corrected chi connectivity index (χ1v) is 9.00. The molecule has 2 saturated heterocycles. The molecule has 2 atom stereocenters. The van der Waals surface area contributed by atoms with Gasteiger partial charge in [-0.2, -0.15) is 4.90 Å². The normalized spacial score (nSPS) is 25.5. The Balaban J connectivity index is 2.13. The molecule has 0 bridgehead atoms. The number of amides is 4. The van der Waals surface area contributed by atoms with Gasteiger partial charge in [-0.15, -0.1) is 0 Å². The fraction of sp³-hybridized carbons (Fsp3) is 0.450. The van der Waals surface area contributed by atoms with Crippen molar-refractivity contribution < 1.29 is 29.1 Å². The van der Waals surface area contributed by atoms with Crippen LogP contribution in [-0.4, -0.2) is 46.1 Å². The summed E-state index contributed by atoms with van der Waals surface area (Å²) in [7, 11) is 0. The molecule has 3 rings (SSSR count). The van der Waals surface area contributed by atoms with Gasteiger partial charge < -0.3 is 10.0 Å². The highest BCUT2D eigenvalue weighted by atomic mass is 16.4. The Labute approximate surface area is 162 Å². The van der Waals surface area contributed by atoms with E-state index in [0.29, 0.717) is 17.5 Å². The molecule has 0 saturated carbocycles. The van der Waals surface area contributed by atoms with E-state index >= 15 is 0 Å². The second-order valence-electron chi connectivity index (χ2n) is 8.39. The summed E-state index contributed by atoms with van der Waals surface area (Å²) in [6.45, 7) is 5.62. The smallest absolute Gasteiger partial charge is 0.421 e. The molecule has 2 aliphatic heterocycles. The Bertz CT molecular complexity index is 870. The molecule has 4 amide bonds. The standard InChI is InChI=1S/C20H22N2O6/c1-19(2,3)16-20(9-8-14(24)22(17(20)26)18(27)28)10-15(25)21(16)13-6-4-12(11-23)5-7-13/h4-7,11,16H,8-10H2,1-3H3,(H,27,28). The molecule has 8 heteroatoms. The Morgan fingerprint density at radius 3 is 2.25 bits per heavy atom. The second-order valence-corrected chi connectivity index (χ2v) is 8.39. The zero-order valence-corrected chi connectivity index (χ0v) is 16.0. The number of hydrogen-bond acceptors (Lipinski definition) is 5. The molecule has 2 unspecified atom stereocenters. The average Bonchev–Trinajstić information content (AvgIpc) is 2.92. The number of rotatable bonds is 2. The number of hydrogen-bond donors (Lipinski definition) is 1. The number of carbonyl (C=O) groups is 5. The van der Waals surface area contributed by atoms with Gasteiger partial charge in [-0.3, -0.25) is 19.2 Å². The van der Waals surface area contributed by atoms with Crippen LogP contribution < -0.4 is 4.90 Å². The Morgan fingerprint density at radius 1 is 1.14 bits per heavy atom. The summed E-state index contributed by atoms with van der Waals surface area (Å²) in [4.78, 5) is 62.5. The second kappa shape index (κ2) is 6.54. The van der Waals surface area contributed by atoms with E-state index in [2.05, 4.69) is 0 Å². The monoisotopic (exact) mass is 386 g/mol. The molecular formula is C20H22N2O6. The molecule has 2 heterocycles. The lowest BCUT2D eigenvalue weighted by atomic mass is 9.64. The zero-order chi connectivity index (χ0) is 20.9. The van der Waals surface area contributed by atoms with Crippen molar-refractivity contribution in [3.05, 3.63) is 29.8 Å². The number of nitrogens with zero attached hydrogens (tertiary/aromatic N) is 2. The molecule has 2 aliphatic rings. The largest absolute Gasteiger partial charge is 0.464 e. The van der Waals surface area contributed by atoms with Crippen molar-refractivity contribution in [3.8, 4) is 0 Å². The summed E-state index contributed by atoms with van der Waals surface area (Å²) < 4.78 is 0. The molecule has 0 aromatic heterocycles.